The van der Waals surface area contributed by atoms with Crippen molar-refractivity contribution in [1.82, 2.24) is 19.2 Å². The molecule has 1 aromatic heterocycles. The zero-order valence-electron chi connectivity index (χ0n) is 10.3. The second-order valence-corrected chi connectivity index (χ2v) is 4.51. The SMILES string of the molecule is CN1CCC(Nc2nn(C)c(=O)n(C)c2=O)C1. The van der Waals surface area contributed by atoms with Crippen LogP contribution in [-0.4, -0.2) is 45.4 Å². The molecule has 0 bridgehead atoms. The quantitative estimate of drug-likeness (QED) is 0.687. The molecule has 0 radical (unpaired) electrons. The van der Waals surface area contributed by atoms with Crippen LogP contribution >= 0.6 is 0 Å². The van der Waals surface area contributed by atoms with E-state index in [-0.39, 0.29) is 17.4 Å². The highest BCUT2D eigenvalue weighted by Crippen LogP contribution is 2.09. The van der Waals surface area contributed by atoms with Crippen molar-refractivity contribution >= 4 is 5.82 Å². The fourth-order valence-corrected chi connectivity index (χ4v) is 2.04. The maximum Gasteiger partial charge on any atom is 0.346 e. The summed E-state index contributed by atoms with van der Waals surface area (Å²) >= 11 is 0. The fourth-order valence-electron chi connectivity index (χ4n) is 2.04. The van der Waals surface area contributed by atoms with E-state index in [1.165, 1.54) is 18.8 Å². The summed E-state index contributed by atoms with van der Waals surface area (Å²) in [6.07, 6.45) is 0.976. The molecular formula is C10H17N5O2. The molecule has 17 heavy (non-hydrogen) atoms. The van der Waals surface area contributed by atoms with Gasteiger partial charge in [-0.1, -0.05) is 0 Å². The van der Waals surface area contributed by atoms with E-state index < -0.39 is 5.69 Å². The van der Waals surface area contributed by atoms with E-state index in [9.17, 15) is 9.59 Å². The van der Waals surface area contributed by atoms with E-state index in [4.69, 9.17) is 0 Å². The number of likely N-dealkylation sites (N-methyl/N-ethyl adjacent to an activating group) is 1. The summed E-state index contributed by atoms with van der Waals surface area (Å²) in [6.45, 7) is 1.89. The number of anilines is 1. The van der Waals surface area contributed by atoms with Gasteiger partial charge in [-0.2, -0.15) is 0 Å². The van der Waals surface area contributed by atoms with Crippen LogP contribution in [0.1, 0.15) is 6.42 Å². The Morgan fingerprint density at radius 1 is 1.29 bits per heavy atom. The number of hydrogen-bond acceptors (Lipinski definition) is 5. The zero-order valence-corrected chi connectivity index (χ0v) is 10.3. The molecule has 0 amide bonds. The van der Waals surface area contributed by atoms with E-state index in [2.05, 4.69) is 15.3 Å². The molecule has 2 rings (SSSR count). The van der Waals surface area contributed by atoms with Crippen molar-refractivity contribution < 1.29 is 0 Å². The van der Waals surface area contributed by atoms with Gasteiger partial charge in [0.05, 0.1) is 0 Å². The number of nitrogens with zero attached hydrogens (tertiary/aromatic N) is 4. The van der Waals surface area contributed by atoms with Gasteiger partial charge in [-0.3, -0.25) is 9.36 Å². The summed E-state index contributed by atoms with van der Waals surface area (Å²) < 4.78 is 2.23. The van der Waals surface area contributed by atoms with Crippen LogP contribution in [0, 0.1) is 0 Å². The molecule has 2 heterocycles. The highest BCUT2D eigenvalue weighted by Gasteiger charge is 2.21. The first kappa shape index (κ1) is 11.8. The molecule has 7 heteroatoms. The minimum absolute atomic E-state index is 0.220. The first-order valence-electron chi connectivity index (χ1n) is 5.58. The van der Waals surface area contributed by atoms with E-state index in [0.717, 1.165) is 24.1 Å². The number of likely N-dealkylation sites (tertiary alicyclic amines) is 1. The summed E-state index contributed by atoms with van der Waals surface area (Å²) in [6, 6.07) is 0.220. The molecule has 0 aliphatic carbocycles. The van der Waals surface area contributed by atoms with Crippen LogP contribution in [0.5, 0.6) is 0 Å². The third kappa shape index (κ3) is 2.23. The predicted molar refractivity (Wildman–Crippen MR) is 64.2 cm³/mol. The second kappa shape index (κ2) is 4.33. The zero-order chi connectivity index (χ0) is 12.6. The van der Waals surface area contributed by atoms with E-state index >= 15 is 0 Å². The molecule has 0 aromatic carbocycles. The van der Waals surface area contributed by atoms with Crippen molar-refractivity contribution in [3.8, 4) is 0 Å². The van der Waals surface area contributed by atoms with Gasteiger partial charge in [0.2, 0.25) is 5.82 Å². The number of aromatic nitrogens is 3. The largest absolute Gasteiger partial charge is 0.360 e. The standard InChI is InChI=1S/C10H17N5O2/c1-13-5-4-7(6-13)11-8-9(16)14(2)10(17)15(3)12-8/h7H,4-6H2,1-3H3,(H,11,12). The van der Waals surface area contributed by atoms with Crippen molar-refractivity contribution in [2.45, 2.75) is 12.5 Å². The average Bonchev–Trinajstić information content (AvgIpc) is 2.69. The molecule has 1 aromatic rings. The lowest BCUT2D eigenvalue weighted by Crippen LogP contribution is -2.41. The Morgan fingerprint density at radius 3 is 2.59 bits per heavy atom. The van der Waals surface area contributed by atoms with Gasteiger partial charge in [-0.15, -0.1) is 5.10 Å². The Kier molecular flexibility index (Phi) is 3.01. The monoisotopic (exact) mass is 239 g/mol. The Hall–Kier alpha value is -1.63. The molecule has 1 aliphatic heterocycles. The summed E-state index contributed by atoms with van der Waals surface area (Å²) in [7, 11) is 5.03. The first-order valence-corrected chi connectivity index (χ1v) is 5.58. The Bertz CT molecular complexity index is 532. The second-order valence-electron chi connectivity index (χ2n) is 4.51. The Labute approximate surface area is 98.7 Å². The van der Waals surface area contributed by atoms with Gasteiger partial charge < -0.3 is 10.2 Å². The number of nitrogens with one attached hydrogen (secondary N) is 1. The van der Waals surface area contributed by atoms with Crippen molar-refractivity contribution in [1.29, 1.82) is 0 Å². The van der Waals surface area contributed by atoms with Crippen LogP contribution in [0.25, 0.3) is 0 Å². The lowest BCUT2D eigenvalue weighted by Gasteiger charge is -2.13. The maximum atomic E-state index is 11.8. The third-order valence-corrected chi connectivity index (χ3v) is 3.05. The fraction of sp³-hybridized carbons (Fsp3) is 0.700. The predicted octanol–water partition coefficient (Wildman–Crippen LogP) is -1.40. The molecule has 1 atom stereocenters. The Morgan fingerprint density at radius 2 is 2.00 bits per heavy atom. The van der Waals surface area contributed by atoms with E-state index in [1.807, 2.05) is 7.05 Å². The number of rotatable bonds is 2. The smallest absolute Gasteiger partial charge is 0.346 e. The molecule has 1 N–H and O–H groups in total. The topological polar surface area (TPSA) is 72.2 Å². The van der Waals surface area contributed by atoms with Gasteiger partial charge in [-0.25, -0.2) is 9.48 Å². The maximum absolute atomic E-state index is 11.8. The van der Waals surface area contributed by atoms with Gasteiger partial charge in [0.1, 0.15) is 0 Å². The van der Waals surface area contributed by atoms with Gasteiger partial charge in [0.15, 0.2) is 0 Å². The summed E-state index contributed by atoms with van der Waals surface area (Å²) in [5.74, 6) is 0.245. The van der Waals surface area contributed by atoms with Crippen LogP contribution in [0.15, 0.2) is 9.59 Å². The van der Waals surface area contributed by atoms with Crippen molar-refractivity contribution in [2.24, 2.45) is 14.1 Å². The molecule has 7 nitrogen and oxygen atoms in total. The van der Waals surface area contributed by atoms with Gasteiger partial charge >= 0.3 is 5.69 Å². The minimum atomic E-state index is -0.413. The molecular weight excluding hydrogens is 222 g/mol. The van der Waals surface area contributed by atoms with Gasteiger partial charge in [0, 0.05) is 26.7 Å². The lowest BCUT2D eigenvalue weighted by molar-refractivity contribution is 0.413. The van der Waals surface area contributed by atoms with Crippen molar-refractivity contribution in [3.63, 3.8) is 0 Å². The van der Waals surface area contributed by atoms with Crippen LogP contribution in [-0.2, 0) is 14.1 Å². The number of hydrogen-bond donors (Lipinski definition) is 1. The molecule has 1 aliphatic rings. The molecule has 0 saturated carbocycles. The minimum Gasteiger partial charge on any atom is -0.360 e. The summed E-state index contributed by atoms with van der Waals surface area (Å²) in [5.41, 5.74) is -0.785. The van der Waals surface area contributed by atoms with Crippen LogP contribution in [0.2, 0.25) is 0 Å². The van der Waals surface area contributed by atoms with Crippen LogP contribution < -0.4 is 16.6 Å². The van der Waals surface area contributed by atoms with Crippen LogP contribution in [0.3, 0.4) is 0 Å². The normalized spacial score (nSPS) is 20.8. The molecule has 94 valence electrons. The van der Waals surface area contributed by atoms with Gasteiger partial charge in [-0.05, 0) is 20.0 Å². The van der Waals surface area contributed by atoms with Crippen LogP contribution in [0.4, 0.5) is 5.82 Å². The summed E-state index contributed by atoms with van der Waals surface area (Å²) in [4.78, 5) is 25.5. The molecule has 1 fully saturated rings. The lowest BCUT2D eigenvalue weighted by atomic mass is 10.3. The third-order valence-electron chi connectivity index (χ3n) is 3.05. The van der Waals surface area contributed by atoms with Crippen molar-refractivity contribution in [2.75, 3.05) is 25.5 Å². The first-order chi connectivity index (χ1) is 7.99. The molecule has 1 saturated heterocycles. The molecule has 1 unspecified atom stereocenters. The average molecular weight is 239 g/mol. The highest BCUT2D eigenvalue weighted by molar-refractivity contribution is 5.31. The van der Waals surface area contributed by atoms with Crippen molar-refractivity contribution in [3.05, 3.63) is 20.8 Å². The van der Waals surface area contributed by atoms with E-state index in [1.54, 1.807) is 0 Å². The molecule has 0 spiro atoms. The highest BCUT2D eigenvalue weighted by atomic mass is 16.2. The summed E-state index contributed by atoms with van der Waals surface area (Å²) in [5, 5.41) is 7.07. The Balaban J connectivity index is 2.28. The van der Waals surface area contributed by atoms with E-state index in [0.29, 0.717) is 0 Å². The van der Waals surface area contributed by atoms with Gasteiger partial charge in [0.25, 0.3) is 5.56 Å². The number of aryl methyl sites for hydroxylation is 1.